The van der Waals surface area contributed by atoms with Crippen LogP contribution in [-0.4, -0.2) is 27.2 Å². The molecule has 5 nitrogen and oxygen atoms in total. The van der Waals surface area contributed by atoms with Crippen molar-refractivity contribution in [3.05, 3.63) is 28.2 Å². The molecule has 17 heavy (non-hydrogen) atoms. The molecule has 1 rings (SSSR count). The first-order chi connectivity index (χ1) is 7.84. The number of ether oxygens (including phenoxy) is 1. The van der Waals surface area contributed by atoms with E-state index in [0.717, 1.165) is 12.7 Å². The molecule has 0 saturated carbocycles. The van der Waals surface area contributed by atoms with E-state index in [4.69, 9.17) is 0 Å². The fraction of sp³-hybridized carbons (Fsp3) is 0.300. The van der Waals surface area contributed by atoms with E-state index in [-0.39, 0.29) is 0 Å². The molecule has 7 heteroatoms. The lowest BCUT2D eigenvalue weighted by molar-refractivity contribution is -0.137. The predicted octanol–water partition coefficient (Wildman–Crippen LogP) is 1.67. The van der Waals surface area contributed by atoms with E-state index in [1.807, 2.05) is 13.0 Å². The van der Waals surface area contributed by atoms with Crippen LogP contribution in [-0.2, 0) is 19.6 Å². The molecule has 0 bridgehead atoms. The summed E-state index contributed by atoms with van der Waals surface area (Å²) in [4.78, 5) is 10.9. The van der Waals surface area contributed by atoms with Crippen LogP contribution in [0, 0.1) is 6.92 Å². The van der Waals surface area contributed by atoms with Gasteiger partial charge in [0.2, 0.25) is 10.0 Å². The average molecular weight is 322 g/mol. The molecular weight excluding hydrogens is 310 g/mol. The molecule has 0 aliphatic carbocycles. The third kappa shape index (κ3) is 4.35. The minimum Gasteiger partial charge on any atom is -0.468 e. The monoisotopic (exact) mass is 321 g/mol. The Kier molecular flexibility index (Phi) is 4.53. The van der Waals surface area contributed by atoms with Gasteiger partial charge in [-0.25, -0.2) is 8.42 Å². The number of halogens is 1. The van der Waals surface area contributed by atoms with Crippen LogP contribution in [0.3, 0.4) is 0 Å². The summed E-state index contributed by atoms with van der Waals surface area (Å²) < 4.78 is 30.4. The molecule has 0 amide bonds. The Balaban J connectivity index is 2.90. The number of hydrogen-bond donors (Lipinski definition) is 1. The van der Waals surface area contributed by atoms with Crippen molar-refractivity contribution in [1.82, 2.24) is 0 Å². The fourth-order valence-electron chi connectivity index (χ4n) is 1.14. The molecular formula is C10H12BrNO4S. The molecule has 94 valence electrons. The normalized spacial score (nSPS) is 11.0. The van der Waals surface area contributed by atoms with Gasteiger partial charge in [-0.05, 0) is 40.5 Å². The van der Waals surface area contributed by atoms with E-state index in [1.54, 1.807) is 12.1 Å². The molecule has 1 aromatic rings. The van der Waals surface area contributed by atoms with Crippen LogP contribution in [0.1, 0.15) is 5.56 Å². The summed E-state index contributed by atoms with van der Waals surface area (Å²) in [6.45, 7) is 1.84. The van der Waals surface area contributed by atoms with E-state index in [0.29, 0.717) is 10.2 Å². The van der Waals surface area contributed by atoms with Gasteiger partial charge < -0.3 is 4.74 Å². The van der Waals surface area contributed by atoms with Crippen LogP contribution < -0.4 is 4.72 Å². The number of hydrogen-bond acceptors (Lipinski definition) is 4. The number of carbonyl (C=O) groups is 1. The zero-order valence-corrected chi connectivity index (χ0v) is 11.8. The molecule has 0 radical (unpaired) electrons. The molecule has 0 aliphatic heterocycles. The lowest BCUT2D eigenvalue weighted by Crippen LogP contribution is -2.23. The van der Waals surface area contributed by atoms with Gasteiger partial charge in [0.25, 0.3) is 0 Å². The second kappa shape index (κ2) is 5.50. The van der Waals surface area contributed by atoms with Crippen molar-refractivity contribution in [3.8, 4) is 0 Å². The maximum Gasteiger partial charge on any atom is 0.322 e. The van der Waals surface area contributed by atoms with Gasteiger partial charge in [-0.2, -0.15) is 0 Å². The second-order valence-electron chi connectivity index (χ2n) is 3.42. The van der Waals surface area contributed by atoms with E-state index < -0.39 is 21.7 Å². The Labute approximate surface area is 108 Å². The van der Waals surface area contributed by atoms with E-state index >= 15 is 0 Å². The molecule has 0 heterocycles. The number of esters is 1. The van der Waals surface area contributed by atoms with Gasteiger partial charge in [0.1, 0.15) is 0 Å². The maximum absolute atomic E-state index is 11.6. The number of anilines is 1. The first kappa shape index (κ1) is 14.0. The van der Waals surface area contributed by atoms with Gasteiger partial charge in [0, 0.05) is 4.47 Å². The van der Waals surface area contributed by atoms with Gasteiger partial charge in [0.05, 0.1) is 12.8 Å². The Morgan fingerprint density at radius 1 is 1.47 bits per heavy atom. The number of nitrogens with one attached hydrogen (secondary N) is 1. The number of sulfonamides is 1. The Hall–Kier alpha value is -1.08. The van der Waals surface area contributed by atoms with Crippen molar-refractivity contribution in [3.63, 3.8) is 0 Å². The van der Waals surface area contributed by atoms with Crippen LogP contribution in [0.5, 0.6) is 0 Å². The van der Waals surface area contributed by atoms with Gasteiger partial charge in [-0.1, -0.05) is 6.07 Å². The predicted molar refractivity (Wildman–Crippen MR) is 68.3 cm³/mol. The van der Waals surface area contributed by atoms with Crippen LogP contribution >= 0.6 is 15.9 Å². The van der Waals surface area contributed by atoms with Crippen LogP contribution in [0.2, 0.25) is 0 Å². The number of rotatable bonds is 4. The molecule has 0 aliphatic rings. The number of aryl methyl sites for hydroxylation is 1. The zero-order chi connectivity index (χ0) is 13.1. The van der Waals surface area contributed by atoms with Crippen molar-refractivity contribution in [1.29, 1.82) is 0 Å². The number of methoxy groups -OCH3 is 1. The molecule has 0 spiro atoms. The molecule has 0 fully saturated rings. The van der Waals surface area contributed by atoms with Crippen LogP contribution in [0.4, 0.5) is 5.69 Å². The van der Waals surface area contributed by atoms with E-state index in [2.05, 4.69) is 25.4 Å². The highest BCUT2D eigenvalue weighted by Gasteiger charge is 2.17. The average Bonchev–Trinajstić information content (AvgIpc) is 2.22. The van der Waals surface area contributed by atoms with Crippen LogP contribution in [0.25, 0.3) is 0 Å². The third-order valence-corrected chi connectivity index (χ3v) is 3.76. The topological polar surface area (TPSA) is 72.5 Å². The summed E-state index contributed by atoms with van der Waals surface area (Å²) in [6, 6.07) is 5.23. The Bertz CT molecular complexity index is 527. The third-order valence-electron chi connectivity index (χ3n) is 1.92. The smallest absolute Gasteiger partial charge is 0.322 e. The molecule has 1 N–H and O–H groups in total. The van der Waals surface area contributed by atoms with Crippen molar-refractivity contribution in [2.75, 3.05) is 17.6 Å². The summed E-state index contributed by atoms with van der Waals surface area (Å²) in [5, 5.41) is 0. The lowest BCUT2D eigenvalue weighted by Gasteiger charge is -2.09. The molecule has 0 aromatic heterocycles. The van der Waals surface area contributed by atoms with Crippen molar-refractivity contribution < 1.29 is 17.9 Å². The van der Waals surface area contributed by atoms with E-state index in [9.17, 15) is 13.2 Å². The minimum atomic E-state index is -3.74. The van der Waals surface area contributed by atoms with E-state index in [1.165, 1.54) is 0 Å². The van der Waals surface area contributed by atoms with Gasteiger partial charge in [-0.15, -0.1) is 0 Å². The van der Waals surface area contributed by atoms with Gasteiger partial charge >= 0.3 is 5.97 Å². The second-order valence-corrected chi connectivity index (χ2v) is 6.00. The van der Waals surface area contributed by atoms with Crippen molar-refractivity contribution in [2.45, 2.75) is 6.92 Å². The summed E-state index contributed by atoms with van der Waals surface area (Å²) in [5.74, 6) is -1.51. The first-order valence-corrected chi connectivity index (χ1v) is 7.12. The summed E-state index contributed by atoms with van der Waals surface area (Å²) in [6.07, 6.45) is 0. The summed E-state index contributed by atoms with van der Waals surface area (Å²) in [7, 11) is -2.60. The lowest BCUT2D eigenvalue weighted by atomic mass is 10.2. The van der Waals surface area contributed by atoms with Crippen molar-refractivity contribution in [2.24, 2.45) is 0 Å². The van der Waals surface area contributed by atoms with Gasteiger partial charge in [-0.3, -0.25) is 9.52 Å². The Morgan fingerprint density at radius 3 is 2.71 bits per heavy atom. The Morgan fingerprint density at radius 2 is 2.12 bits per heavy atom. The highest BCUT2D eigenvalue weighted by molar-refractivity contribution is 9.10. The quantitative estimate of drug-likeness (QED) is 0.856. The summed E-state index contributed by atoms with van der Waals surface area (Å²) in [5.41, 5.74) is 1.30. The summed E-state index contributed by atoms with van der Waals surface area (Å²) >= 11 is 3.22. The number of carbonyl (C=O) groups excluding carboxylic acids is 1. The van der Waals surface area contributed by atoms with Gasteiger partial charge in [0.15, 0.2) is 5.75 Å². The minimum absolute atomic E-state index is 0.397. The molecule has 1 aromatic carbocycles. The largest absolute Gasteiger partial charge is 0.468 e. The molecule has 0 atom stereocenters. The maximum atomic E-state index is 11.6. The molecule has 0 saturated heterocycles. The molecule has 0 unspecified atom stereocenters. The highest BCUT2D eigenvalue weighted by atomic mass is 79.9. The van der Waals surface area contributed by atoms with Crippen LogP contribution in [0.15, 0.2) is 22.7 Å². The standard InChI is InChI=1S/C10H12BrNO4S/c1-7-3-4-8(11)9(5-7)12-17(14,15)6-10(13)16-2/h3-5,12H,6H2,1-2H3. The SMILES string of the molecule is COC(=O)CS(=O)(=O)Nc1cc(C)ccc1Br. The zero-order valence-electron chi connectivity index (χ0n) is 9.36. The number of benzene rings is 1. The van der Waals surface area contributed by atoms with Crippen molar-refractivity contribution >= 4 is 37.6 Å². The fourth-order valence-corrected chi connectivity index (χ4v) is 2.62. The first-order valence-electron chi connectivity index (χ1n) is 4.67. The highest BCUT2D eigenvalue weighted by Crippen LogP contribution is 2.24.